The lowest BCUT2D eigenvalue weighted by Crippen LogP contribution is -2.38. The smallest absolute Gasteiger partial charge is 0.341 e. The Labute approximate surface area is 155 Å². The molecule has 2 aromatic carbocycles. The molecule has 0 aromatic heterocycles. The third-order valence-corrected chi connectivity index (χ3v) is 3.70. The van der Waals surface area contributed by atoms with E-state index in [4.69, 9.17) is 21.0 Å². The van der Waals surface area contributed by atoms with Crippen molar-refractivity contribution < 1.29 is 24.2 Å². The maximum atomic E-state index is 12.4. The minimum absolute atomic E-state index is 0.0960. The van der Waals surface area contributed by atoms with Gasteiger partial charge in [-0.05, 0) is 43.3 Å². The van der Waals surface area contributed by atoms with E-state index in [1.54, 1.807) is 19.1 Å². The maximum Gasteiger partial charge on any atom is 0.341 e. The topological polar surface area (TPSA) is 143 Å². The quantitative estimate of drug-likeness (QED) is 0.315. The normalized spacial score (nSPS) is 11.3. The maximum absolute atomic E-state index is 12.4. The van der Waals surface area contributed by atoms with Crippen molar-refractivity contribution in [3.8, 4) is 5.75 Å². The van der Waals surface area contributed by atoms with Gasteiger partial charge in [-0.3, -0.25) is 15.0 Å². The molecule has 0 saturated carbocycles. The number of hydrogen-bond acceptors (Lipinski definition) is 5. The summed E-state index contributed by atoms with van der Waals surface area (Å²) in [7, 11) is 0. The highest BCUT2D eigenvalue weighted by molar-refractivity contribution is 6.04. The van der Waals surface area contributed by atoms with Crippen molar-refractivity contribution >= 4 is 23.5 Å². The van der Waals surface area contributed by atoms with Crippen molar-refractivity contribution in [2.45, 2.75) is 13.0 Å². The van der Waals surface area contributed by atoms with Gasteiger partial charge >= 0.3 is 5.97 Å². The molecule has 2 aromatic rings. The summed E-state index contributed by atoms with van der Waals surface area (Å²) in [6, 6.07) is 11.4. The monoisotopic (exact) mass is 369 g/mol. The van der Waals surface area contributed by atoms with E-state index in [9.17, 15) is 14.4 Å². The number of amides is 1. The lowest BCUT2D eigenvalue weighted by molar-refractivity contribution is -0.139. The van der Waals surface area contributed by atoms with Gasteiger partial charge in [-0.2, -0.15) is 0 Å². The molecule has 0 aliphatic heterocycles. The van der Waals surface area contributed by atoms with Crippen molar-refractivity contribution in [1.29, 1.82) is 5.41 Å². The molecular weight excluding hydrogens is 350 g/mol. The Balaban J connectivity index is 1.98. The molecule has 140 valence electrons. The summed E-state index contributed by atoms with van der Waals surface area (Å²) in [6.07, 6.45) is 0. The molecule has 0 spiro atoms. The highest BCUT2D eigenvalue weighted by Gasteiger charge is 2.18. The molecule has 0 fully saturated rings. The molecule has 1 atom stereocenters. The number of amidine groups is 1. The second-order valence-electron chi connectivity index (χ2n) is 5.76. The Hall–Kier alpha value is -3.68. The van der Waals surface area contributed by atoms with Gasteiger partial charge in [0.25, 0.3) is 5.91 Å². The Morgan fingerprint density at radius 3 is 2.07 bits per heavy atom. The number of rotatable bonds is 8. The molecule has 0 aliphatic rings. The zero-order valence-corrected chi connectivity index (χ0v) is 14.6. The lowest BCUT2D eigenvalue weighted by Gasteiger charge is -2.13. The number of ether oxygens (including phenoxy) is 1. The van der Waals surface area contributed by atoms with E-state index >= 15 is 0 Å². The van der Waals surface area contributed by atoms with Gasteiger partial charge in [-0.1, -0.05) is 12.1 Å². The highest BCUT2D eigenvalue weighted by Crippen LogP contribution is 2.14. The third kappa shape index (κ3) is 5.40. The zero-order valence-electron chi connectivity index (χ0n) is 14.6. The fourth-order valence-electron chi connectivity index (χ4n) is 2.26. The van der Waals surface area contributed by atoms with Crippen molar-refractivity contribution in [2.75, 3.05) is 6.61 Å². The summed E-state index contributed by atoms with van der Waals surface area (Å²) in [5.74, 6) is -1.58. The van der Waals surface area contributed by atoms with E-state index in [1.165, 1.54) is 36.4 Å². The number of carbonyl (C=O) groups excluding carboxylic acids is 2. The first-order valence-electron chi connectivity index (χ1n) is 8.02. The average molecular weight is 369 g/mol. The molecule has 0 unspecified atom stereocenters. The second-order valence-corrected chi connectivity index (χ2v) is 5.76. The molecule has 2 rings (SSSR count). The molecule has 8 heteroatoms. The number of carbonyl (C=O) groups is 3. The van der Waals surface area contributed by atoms with Gasteiger partial charge in [0.05, 0.1) is 6.04 Å². The van der Waals surface area contributed by atoms with E-state index < -0.39 is 24.5 Å². The number of carboxylic acids is 1. The van der Waals surface area contributed by atoms with Crippen LogP contribution in [0, 0.1) is 5.41 Å². The van der Waals surface area contributed by atoms with Crippen LogP contribution in [0.3, 0.4) is 0 Å². The molecule has 8 nitrogen and oxygen atoms in total. The average Bonchev–Trinajstić information content (AvgIpc) is 2.66. The summed E-state index contributed by atoms with van der Waals surface area (Å²) >= 11 is 0. The lowest BCUT2D eigenvalue weighted by atomic mass is 10.0. The molecule has 27 heavy (non-hydrogen) atoms. The molecule has 0 saturated heterocycles. The van der Waals surface area contributed by atoms with E-state index in [-0.39, 0.29) is 11.6 Å². The van der Waals surface area contributed by atoms with Crippen LogP contribution in [-0.4, -0.2) is 41.3 Å². The predicted octanol–water partition coefficient (Wildman–Crippen LogP) is 1.44. The fraction of sp³-hybridized carbons (Fsp3) is 0.158. The largest absolute Gasteiger partial charge is 0.482 e. The van der Waals surface area contributed by atoms with Gasteiger partial charge in [0.1, 0.15) is 11.6 Å². The van der Waals surface area contributed by atoms with Crippen LogP contribution in [0.5, 0.6) is 5.75 Å². The van der Waals surface area contributed by atoms with Crippen LogP contribution >= 0.6 is 0 Å². The fourth-order valence-corrected chi connectivity index (χ4v) is 2.26. The van der Waals surface area contributed by atoms with Crippen LogP contribution in [0.25, 0.3) is 0 Å². The number of nitrogens with two attached hydrogens (primary N) is 1. The first kappa shape index (κ1) is 19.6. The number of nitrogen functional groups attached to an aromatic ring is 1. The van der Waals surface area contributed by atoms with Crippen LogP contribution in [0.1, 0.15) is 33.2 Å². The standard InChI is InChI=1S/C19H19N3O5/c1-11(22-19(26)14-4-2-13(3-5-14)18(20)21)17(25)12-6-8-15(9-7-12)27-10-16(23)24/h2-9,11H,10H2,1H3,(H3,20,21)(H,22,26)(H,23,24)/t11-/m0/s1. The number of hydrogen-bond donors (Lipinski definition) is 4. The van der Waals surface area contributed by atoms with Gasteiger partial charge in [-0.15, -0.1) is 0 Å². The first-order chi connectivity index (χ1) is 12.8. The Morgan fingerprint density at radius 2 is 1.56 bits per heavy atom. The van der Waals surface area contributed by atoms with Crippen molar-refractivity contribution in [3.05, 3.63) is 65.2 Å². The molecule has 0 radical (unpaired) electrons. The number of benzene rings is 2. The van der Waals surface area contributed by atoms with Crippen LogP contribution in [0.2, 0.25) is 0 Å². The third-order valence-electron chi connectivity index (χ3n) is 3.70. The molecule has 5 N–H and O–H groups in total. The summed E-state index contributed by atoms with van der Waals surface area (Å²) in [4.78, 5) is 35.2. The summed E-state index contributed by atoms with van der Waals surface area (Å²) in [6.45, 7) is 1.10. The Morgan fingerprint density at radius 1 is 1.04 bits per heavy atom. The highest BCUT2D eigenvalue weighted by atomic mass is 16.5. The molecule has 0 aliphatic carbocycles. The van der Waals surface area contributed by atoms with Gasteiger partial charge in [0.15, 0.2) is 12.4 Å². The predicted molar refractivity (Wildman–Crippen MR) is 98.3 cm³/mol. The van der Waals surface area contributed by atoms with Crippen molar-refractivity contribution in [1.82, 2.24) is 5.32 Å². The Bertz CT molecular complexity index is 860. The SMILES string of the molecule is C[C@H](NC(=O)c1ccc(C(=N)N)cc1)C(=O)c1ccc(OCC(=O)O)cc1. The van der Waals surface area contributed by atoms with Gasteiger partial charge in [-0.25, -0.2) is 4.79 Å². The second kappa shape index (κ2) is 8.61. The number of nitrogens with one attached hydrogen (secondary N) is 2. The molecule has 1 amide bonds. The van der Waals surface area contributed by atoms with Crippen LogP contribution in [0.15, 0.2) is 48.5 Å². The van der Waals surface area contributed by atoms with E-state index in [0.717, 1.165) is 0 Å². The zero-order chi connectivity index (χ0) is 20.0. The van der Waals surface area contributed by atoms with E-state index in [0.29, 0.717) is 22.4 Å². The van der Waals surface area contributed by atoms with Crippen LogP contribution in [-0.2, 0) is 4.79 Å². The van der Waals surface area contributed by atoms with E-state index in [1.807, 2.05) is 0 Å². The number of ketones is 1. The molecule has 0 heterocycles. The van der Waals surface area contributed by atoms with Crippen LogP contribution in [0.4, 0.5) is 0 Å². The summed E-state index contributed by atoms with van der Waals surface area (Å²) in [5.41, 5.74) is 6.57. The van der Waals surface area contributed by atoms with Gasteiger partial charge in [0, 0.05) is 16.7 Å². The first-order valence-corrected chi connectivity index (χ1v) is 8.02. The van der Waals surface area contributed by atoms with Crippen molar-refractivity contribution in [2.24, 2.45) is 5.73 Å². The van der Waals surface area contributed by atoms with Crippen molar-refractivity contribution in [3.63, 3.8) is 0 Å². The van der Waals surface area contributed by atoms with Gasteiger partial charge in [0.2, 0.25) is 0 Å². The summed E-state index contributed by atoms with van der Waals surface area (Å²) < 4.78 is 5.01. The minimum Gasteiger partial charge on any atom is -0.482 e. The number of Topliss-reactive ketones (excluding diaryl/α,β-unsaturated/α-hetero) is 1. The number of aliphatic carboxylic acids is 1. The Kier molecular flexibility index (Phi) is 6.27. The molecule has 0 bridgehead atoms. The molecular formula is C19H19N3O5. The minimum atomic E-state index is -1.09. The number of carboxylic acid groups (broad SMARTS) is 1. The van der Waals surface area contributed by atoms with Crippen LogP contribution < -0.4 is 15.8 Å². The summed E-state index contributed by atoms with van der Waals surface area (Å²) in [5, 5.41) is 18.5. The van der Waals surface area contributed by atoms with E-state index in [2.05, 4.69) is 5.32 Å². The van der Waals surface area contributed by atoms with Gasteiger partial charge < -0.3 is 20.9 Å².